The first kappa shape index (κ1) is 15.8. The normalized spacial score (nSPS) is 10.3. The Kier molecular flexibility index (Phi) is 5.36. The van der Waals surface area contributed by atoms with Gasteiger partial charge in [0.1, 0.15) is 5.75 Å². The number of amides is 1. The summed E-state index contributed by atoms with van der Waals surface area (Å²) in [6.45, 7) is 0.591. The summed E-state index contributed by atoms with van der Waals surface area (Å²) in [5.41, 5.74) is 1.57. The lowest BCUT2D eigenvalue weighted by molar-refractivity contribution is 0.0952. The van der Waals surface area contributed by atoms with E-state index in [1.165, 1.54) is 16.2 Å². The van der Waals surface area contributed by atoms with Crippen molar-refractivity contribution in [3.8, 4) is 5.75 Å². The van der Waals surface area contributed by atoms with Gasteiger partial charge < -0.3 is 14.6 Å². The average Bonchev–Trinajstić information content (AvgIpc) is 2.54. The number of carbonyl (C=O) groups is 1. The summed E-state index contributed by atoms with van der Waals surface area (Å²) < 4.78 is 6.51. The topological polar surface area (TPSA) is 60.3 Å². The van der Waals surface area contributed by atoms with Crippen molar-refractivity contribution in [1.29, 1.82) is 0 Å². The number of pyridine rings is 1. The summed E-state index contributed by atoms with van der Waals surface area (Å²) in [4.78, 5) is 23.2. The molecule has 0 aliphatic carbocycles. The van der Waals surface area contributed by atoms with Gasteiger partial charge in [0.25, 0.3) is 5.91 Å². The van der Waals surface area contributed by atoms with Crippen molar-refractivity contribution in [2.24, 2.45) is 7.05 Å². The molecule has 0 bridgehead atoms. The SMILES string of the molecule is COc1ccc(CCCNC(=O)c2ccc(=O)n(C)c2)cc1. The molecule has 0 aliphatic rings. The Morgan fingerprint density at radius 3 is 2.55 bits per heavy atom. The first-order chi connectivity index (χ1) is 10.6. The number of nitrogens with one attached hydrogen (secondary N) is 1. The van der Waals surface area contributed by atoms with Gasteiger partial charge in [-0.2, -0.15) is 0 Å². The summed E-state index contributed by atoms with van der Waals surface area (Å²) in [5, 5.41) is 2.86. The fraction of sp³-hybridized carbons (Fsp3) is 0.294. The summed E-state index contributed by atoms with van der Waals surface area (Å²) >= 11 is 0. The van der Waals surface area contributed by atoms with Gasteiger partial charge in [-0.25, -0.2) is 0 Å². The van der Waals surface area contributed by atoms with Gasteiger partial charge in [-0.15, -0.1) is 0 Å². The van der Waals surface area contributed by atoms with Crippen LogP contribution in [-0.2, 0) is 13.5 Å². The number of ether oxygens (including phenoxy) is 1. The Morgan fingerprint density at radius 2 is 1.91 bits per heavy atom. The van der Waals surface area contributed by atoms with Crippen LogP contribution in [0.1, 0.15) is 22.3 Å². The monoisotopic (exact) mass is 300 g/mol. The third kappa shape index (κ3) is 4.22. The van der Waals surface area contributed by atoms with Crippen molar-refractivity contribution in [2.45, 2.75) is 12.8 Å². The Morgan fingerprint density at radius 1 is 1.18 bits per heavy atom. The minimum Gasteiger partial charge on any atom is -0.497 e. The zero-order valence-electron chi connectivity index (χ0n) is 12.8. The largest absolute Gasteiger partial charge is 0.497 e. The van der Waals surface area contributed by atoms with Gasteiger partial charge in [0.05, 0.1) is 12.7 Å². The predicted octanol–water partition coefficient (Wildman–Crippen LogP) is 1.76. The van der Waals surface area contributed by atoms with Crippen LogP contribution in [0.4, 0.5) is 0 Å². The molecule has 1 heterocycles. The van der Waals surface area contributed by atoms with Gasteiger partial charge in [-0.1, -0.05) is 12.1 Å². The Bertz CT molecular complexity index is 690. The van der Waals surface area contributed by atoms with Crippen LogP contribution < -0.4 is 15.6 Å². The number of rotatable bonds is 6. The Hall–Kier alpha value is -2.56. The van der Waals surface area contributed by atoms with E-state index in [1.54, 1.807) is 26.4 Å². The second kappa shape index (κ2) is 7.45. The number of aryl methyl sites for hydroxylation is 2. The van der Waals surface area contributed by atoms with Crippen molar-refractivity contribution >= 4 is 5.91 Å². The van der Waals surface area contributed by atoms with E-state index in [2.05, 4.69) is 5.32 Å². The summed E-state index contributed by atoms with van der Waals surface area (Å²) in [6.07, 6.45) is 3.28. The summed E-state index contributed by atoms with van der Waals surface area (Å²) in [7, 11) is 3.27. The van der Waals surface area contributed by atoms with Crippen LogP contribution in [0.3, 0.4) is 0 Å². The van der Waals surface area contributed by atoms with Crippen molar-refractivity contribution in [2.75, 3.05) is 13.7 Å². The van der Waals surface area contributed by atoms with Crippen LogP contribution in [0.25, 0.3) is 0 Å². The Balaban J connectivity index is 1.79. The summed E-state index contributed by atoms with van der Waals surface area (Å²) in [5.74, 6) is 0.678. The minimum absolute atomic E-state index is 0.129. The lowest BCUT2D eigenvalue weighted by atomic mass is 10.1. The number of carbonyl (C=O) groups excluding carboxylic acids is 1. The number of aromatic nitrogens is 1. The standard InChI is InChI=1S/C17H20N2O3/c1-19-12-14(7-10-16(19)20)17(21)18-11-3-4-13-5-8-15(22-2)9-6-13/h5-10,12H,3-4,11H2,1-2H3,(H,18,21). The molecule has 0 saturated carbocycles. The first-order valence-corrected chi connectivity index (χ1v) is 7.18. The van der Waals surface area contributed by atoms with Gasteiger partial charge in [0.2, 0.25) is 5.56 Å². The molecule has 116 valence electrons. The molecule has 1 aromatic heterocycles. The van der Waals surface area contributed by atoms with E-state index in [0.717, 1.165) is 18.6 Å². The molecule has 2 aromatic rings. The van der Waals surface area contributed by atoms with E-state index in [-0.39, 0.29) is 11.5 Å². The lowest BCUT2D eigenvalue weighted by Gasteiger charge is -2.07. The molecule has 0 saturated heterocycles. The predicted molar refractivity (Wildman–Crippen MR) is 85.3 cm³/mol. The highest BCUT2D eigenvalue weighted by Crippen LogP contribution is 2.12. The molecule has 1 amide bonds. The van der Waals surface area contributed by atoms with Crippen LogP contribution in [0.2, 0.25) is 0 Å². The van der Waals surface area contributed by atoms with Crippen LogP contribution in [-0.4, -0.2) is 24.1 Å². The van der Waals surface area contributed by atoms with Crippen LogP contribution >= 0.6 is 0 Å². The third-order valence-corrected chi connectivity index (χ3v) is 3.43. The highest BCUT2D eigenvalue weighted by atomic mass is 16.5. The minimum atomic E-state index is -0.162. The van der Waals surface area contributed by atoms with Crippen molar-refractivity contribution in [1.82, 2.24) is 9.88 Å². The molecule has 1 N–H and O–H groups in total. The van der Waals surface area contributed by atoms with Gasteiger partial charge in [-0.05, 0) is 36.6 Å². The molecule has 1 aromatic carbocycles. The molecule has 0 atom stereocenters. The molecule has 0 radical (unpaired) electrons. The number of benzene rings is 1. The maximum absolute atomic E-state index is 12.0. The molecule has 0 spiro atoms. The molecule has 0 unspecified atom stereocenters. The van der Waals surface area contributed by atoms with E-state index >= 15 is 0 Å². The fourth-order valence-corrected chi connectivity index (χ4v) is 2.12. The number of hydrogen-bond acceptors (Lipinski definition) is 3. The molecule has 2 rings (SSSR count). The number of hydrogen-bond donors (Lipinski definition) is 1. The zero-order chi connectivity index (χ0) is 15.9. The molecule has 5 heteroatoms. The second-order valence-electron chi connectivity index (χ2n) is 5.07. The first-order valence-electron chi connectivity index (χ1n) is 7.18. The van der Waals surface area contributed by atoms with E-state index in [1.807, 2.05) is 24.3 Å². The zero-order valence-corrected chi connectivity index (χ0v) is 12.8. The maximum atomic E-state index is 12.0. The van der Waals surface area contributed by atoms with Crippen LogP contribution in [0, 0.1) is 0 Å². The van der Waals surface area contributed by atoms with Crippen LogP contribution in [0.15, 0.2) is 47.4 Å². The van der Waals surface area contributed by atoms with Crippen molar-refractivity contribution in [3.63, 3.8) is 0 Å². The van der Waals surface area contributed by atoms with Gasteiger partial charge in [-0.3, -0.25) is 9.59 Å². The van der Waals surface area contributed by atoms with Crippen LogP contribution in [0.5, 0.6) is 5.75 Å². The van der Waals surface area contributed by atoms with Gasteiger partial charge >= 0.3 is 0 Å². The smallest absolute Gasteiger partial charge is 0.252 e. The average molecular weight is 300 g/mol. The molecule has 22 heavy (non-hydrogen) atoms. The number of nitrogens with zero attached hydrogens (tertiary/aromatic N) is 1. The highest BCUT2D eigenvalue weighted by molar-refractivity contribution is 5.93. The third-order valence-electron chi connectivity index (χ3n) is 3.43. The van der Waals surface area contributed by atoms with Crippen molar-refractivity contribution in [3.05, 3.63) is 64.1 Å². The van der Waals surface area contributed by atoms with Crippen molar-refractivity contribution < 1.29 is 9.53 Å². The molecule has 0 fully saturated rings. The molecule has 0 aliphatic heterocycles. The van der Waals surface area contributed by atoms with E-state index < -0.39 is 0 Å². The second-order valence-corrected chi connectivity index (χ2v) is 5.07. The number of methoxy groups -OCH3 is 1. The van der Waals surface area contributed by atoms with Gasteiger partial charge in [0.15, 0.2) is 0 Å². The fourth-order valence-electron chi connectivity index (χ4n) is 2.12. The Labute approximate surface area is 129 Å². The highest BCUT2D eigenvalue weighted by Gasteiger charge is 2.05. The molecular formula is C17H20N2O3. The van der Waals surface area contributed by atoms with E-state index in [9.17, 15) is 9.59 Å². The van der Waals surface area contributed by atoms with E-state index in [4.69, 9.17) is 4.74 Å². The quantitative estimate of drug-likeness (QED) is 0.827. The molecular weight excluding hydrogens is 280 g/mol. The summed E-state index contributed by atoms with van der Waals surface area (Å²) in [6, 6.07) is 10.8. The van der Waals surface area contributed by atoms with E-state index in [0.29, 0.717) is 12.1 Å². The lowest BCUT2D eigenvalue weighted by Crippen LogP contribution is -2.26. The maximum Gasteiger partial charge on any atom is 0.252 e. The van der Waals surface area contributed by atoms with Gasteiger partial charge in [0, 0.05) is 25.9 Å². The molecule has 5 nitrogen and oxygen atoms in total.